The summed E-state index contributed by atoms with van der Waals surface area (Å²) in [5, 5.41) is 0. The van der Waals surface area contributed by atoms with Gasteiger partial charge in [-0.1, -0.05) is 0 Å². The number of anilines is 1. The highest BCUT2D eigenvalue weighted by molar-refractivity contribution is 14.1. The van der Waals surface area contributed by atoms with Crippen LogP contribution in [0.15, 0.2) is 12.5 Å². The van der Waals surface area contributed by atoms with Crippen LogP contribution in [0.1, 0.15) is 0 Å². The first-order valence-corrected chi connectivity index (χ1v) is 4.99. The van der Waals surface area contributed by atoms with Gasteiger partial charge in [0.2, 0.25) is 0 Å². The van der Waals surface area contributed by atoms with Gasteiger partial charge in [-0.25, -0.2) is 9.97 Å². The lowest BCUT2D eigenvalue weighted by molar-refractivity contribution is 0.206. The molecule has 1 aromatic rings. The molecule has 0 saturated carbocycles. The van der Waals surface area contributed by atoms with Crippen LogP contribution >= 0.6 is 22.6 Å². The maximum atomic E-state index is 4.99. The summed E-state index contributed by atoms with van der Waals surface area (Å²) in [4.78, 5) is 10.2. The largest absolute Gasteiger partial charge is 0.383 e. The van der Waals surface area contributed by atoms with Crippen molar-refractivity contribution in [1.29, 1.82) is 0 Å². The Morgan fingerprint density at radius 2 is 2.38 bits per heavy atom. The minimum atomic E-state index is 0.705. The van der Waals surface area contributed by atoms with Crippen LogP contribution in [0, 0.1) is 3.57 Å². The van der Waals surface area contributed by atoms with Gasteiger partial charge in [-0.15, -0.1) is 0 Å². The summed E-state index contributed by atoms with van der Waals surface area (Å²) in [5.41, 5.74) is 0. The van der Waals surface area contributed by atoms with Gasteiger partial charge in [-0.3, -0.25) is 0 Å². The van der Waals surface area contributed by atoms with Crippen molar-refractivity contribution in [2.75, 3.05) is 32.2 Å². The predicted molar refractivity (Wildman–Crippen MR) is 59.9 cm³/mol. The molecule has 1 aromatic heterocycles. The number of ether oxygens (including phenoxy) is 1. The third kappa shape index (κ3) is 3.07. The van der Waals surface area contributed by atoms with Crippen molar-refractivity contribution in [3.05, 3.63) is 16.1 Å². The molecule has 1 heterocycles. The quantitative estimate of drug-likeness (QED) is 0.781. The van der Waals surface area contributed by atoms with Crippen LogP contribution in [0.3, 0.4) is 0 Å². The van der Waals surface area contributed by atoms with Gasteiger partial charge in [0.1, 0.15) is 12.1 Å². The highest BCUT2D eigenvalue weighted by atomic mass is 127. The zero-order chi connectivity index (χ0) is 9.68. The van der Waals surface area contributed by atoms with E-state index < -0.39 is 0 Å². The summed E-state index contributed by atoms with van der Waals surface area (Å²) in [6, 6.07) is 0. The number of rotatable bonds is 4. The third-order valence-corrected chi connectivity index (χ3v) is 2.40. The Morgan fingerprint density at radius 3 is 3.00 bits per heavy atom. The van der Waals surface area contributed by atoms with E-state index in [1.54, 1.807) is 19.6 Å². The number of hydrogen-bond acceptors (Lipinski definition) is 4. The lowest BCUT2D eigenvalue weighted by atomic mass is 10.5. The lowest BCUT2D eigenvalue weighted by Gasteiger charge is -2.18. The highest BCUT2D eigenvalue weighted by Gasteiger charge is 2.05. The molecule has 4 nitrogen and oxygen atoms in total. The maximum absolute atomic E-state index is 4.99. The van der Waals surface area contributed by atoms with Gasteiger partial charge < -0.3 is 9.64 Å². The van der Waals surface area contributed by atoms with Gasteiger partial charge >= 0.3 is 0 Å². The average molecular weight is 293 g/mol. The molecule has 72 valence electrons. The molecule has 0 spiro atoms. The van der Waals surface area contributed by atoms with Crippen LogP contribution in [0.25, 0.3) is 0 Å². The Balaban J connectivity index is 2.65. The van der Waals surface area contributed by atoms with E-state index in [1.165, 1.54) is 0 Å². The van der Waals surface area contributed by atoms with E-state index in [1.807, 2.05) is 11.9 Å². The van der Waals surface area contributed by atoms with Crippen LogP contribution in [0.2, 0.25) is 0 Å². The Labute approximate surface area is 91.5 Å². The van der Waals surface area contributed by atoms with E-state index in [4.69, 9.17) is 4.74 Å². The van der Waals surface area contributed by atoms with E-state index >= 15 is 0 Å². The van der Waals surface area contributed by atoms with Crippen LogP contribution in [0.5, 0.6) is 0 Å². The molecule has 0 unspecified atom stereocenters. The Morgan fingerprint density at radius 1 is 1.62 bits per heavy atom. The van der Waals surface area contributed by atoms with E-state index in [0.717, 1.165) is 15.9 Å². The SMILES string of the molecule is COCCN(C)c1ncncc1I. The molecule has 0 atom stereocenters. The fraction of sp³-hybridized carbons (Fsp3) is 0.500. The van der Waals surface area contributed by atoms with Crippen LogP contribution in [-0.4, -0.2) is 37.3 Å². The summed E-state index contributed by atoms with van der Waals surface area (Å²) in [7, 11) is 3.68. The van der Waals surface area contributed by atoms with Crippen LogP contribution in [-0.2, 0) is 4.74 Å². The molecule has 13 heavy (non-hydrogen) atoms. The van der Waals surface area contributed by atoms with Gasteiger partial charge in [0, 0.05) is 26.9 Å². The summed E-state index contributed by atoms with van der Waals surface area (Å²) in [6.07, 6.45) is 3.35. The molecule has 0 fully saturated rings. The summed E-state index contributed by atoms with van der Waals surface area (Å²) in [6.45, 7) is 1.54. The number of hydrogen-bond donors (Lipinski definition) is 0. The minimum absolute atomic E-state index is 0.705. The van der Waals surface area contributed by atoms with Crippen molar-refractivity contribution in [3.63, 3.8) is 0 Å². The number of methoxy groups -OCH3 is 1. The fourth-order valence-electron chi connectivity index (χ4n) is 0.921. The number of likely N-dealkylation sites (N-methyl/N-ethyl adjacent to an activating group) is 1. The third-order valence-electron chi connectivity index (χ3n) is 1.64. The molecule has 0 amide bonds. The number of nitrogens with zero attached hydrogens (tertiary/aromatic N) is 3. The zero-order valence-electron chi connectivity index (χ0n) is 7.70. The first-order valence-electron chi connectivity index (χ1n) is 3.91. The van der Waals surface area contributed by atoms with Crippen LogP contribution in [0.4, 0.5) is 5.82 Å². The summed E-state index contributed by atoms with van der Waals surface area (Å²) >= 11 is 2.22. The lowest BCUT2D eigenvalue weighted by Crippen LogP contribution is -2.23. The van der Waals surface area contributed by atoms with Crippen molar-refractivity contribution in [1.82, 2.24) is 9.97 Å². The second kappa shape index (κ2) is 5.33. The molecule has 0 saturated heterocycles. The molecule has 0 aromatic carbocycles. The molecule has 1 rings (SSSR count). The zero-order valence-corrected chi connectivity index (χ0v) is 9.85. The van der Waals surface area contributed by atoms with Gasteiger partial charge in [0.05, 0.1) is 10.2 Å². The van der Waals surface area contributed by atoms with E-state index in [2.05, 4.69) is 32.6 Å². The monoisotopic (exact) mass is 293 g/mol. The van der Waals surface area contributed by atoms with Crippen molar-refractivity contribution in [3.8, 4) is 0 Å². The van der Waals surface area contributed by atoms with Crippen molar-refractivity contribution in [2.45, 2.75) is 0 Å². The molecule has 0 N–H and O–H groups in total. The maximum Gasteiger partial charge on any atom is 0.145 e. The summed E-state index contributed by atoms with van der Waals surface area (Å²) in [5.74, 6) is 0.952. The fourth-order valence-corrected chi connectivity index (χ4v) is 1.63. The smallest absolute Gasteiger partial charge is 0.145 e. The normalized spacial score (nSPS) is 10.1. The second-order valence-electron chi connectivity index (χ2n) is 2.61. The van der Waals surface area contributed by atoms with Crippen molar-refractivity contribution >= 4 is 28.4 Å². The van der Waals surface area contributed by atoms with Gasteiger partial charge in [0.25, 0.3) is 0 Å². The van der Waals surface area contributed by atoms with Crippen LogP contribution < -0.4 is 4.90 Å². The topological polar surface area (TPSA) is 38.2 Å². The van der Waals surface area contributed by atoms with Crippen molar-refractivity contribution < 1.29 is 4.74 Å². The number of halogens is 1. The molecule has 0 aliphatic carbocycles. The average Bonchev–Trinajstić information content (AvgIpc) is 2.15. The van der Waals surface area contributed by atoms with Gasteiger partial charge in [0.15, 0.2) is 0 Å². The molecule has 0 aliphatic heterocycles. The number of aromatic nitrogens is 2. The predicted octanol–water partition coefficient (Wildman–Crippen LogP) is 1.16. The molecular formula is C8H12IN3O. The first kappa shape index (κ1) is 10.6. The standard InChI is InChI=1S/C8H12IN3O/c1-12(3-4-13-2)8-7(9)5-10-6-11-8/h5-6H,3-4H2,1-2H3. The van der Waals surface area contributed by atoms with Gasteiger partial charge in [-0.2, -0.15) is 0 Å². The Bertz CT molecular complexity index is 269. The van der Waals surface area contributed by atoms with E-state index in [0.29, 0.717) is 6.61 Å². The van der Waals surface area contributed by atoms with Gasteiger partial charge in [-0.05, 0) is 22.6 Å². The first-order chi connectivity index (χ1) is 6.25. The van der Waals surface area contributed by atoms with E-state index in [9.17, 15) is 0 Å². The van der Waals surface area contributed by atoms with Crippen molar-refractivity contribution in [2.24, 2.45) is 0 Å². The second-order valence-corrected chi connectivity index (χ2v) is 3.77. The van der Waals surface area contributed by atoms with E-state index in [-0.39, 0.29) is 0 Å². The minimum Gasteiger partial charge on any atom is -0.383 e. The molecule has 0 radical (unpaired) electrons. The molecular weight excluding hydrogens is 281 g/mol. The highest BCUT2D eigenvalue weighted by Crippen LogP contribution is 2.15. The molecule has 5 heteroatoms. The summed E-state index contributed by atoms with van der Waals surface area (Å²) < 4.78 is 6.04. The Hall–Kier alpha value is -0.430. The molecule has 0 bridgehead atoms. The molecule has 0 aliphatic rings. The Kier molecular flexibility index (Phi) is 4.37.